The average Bonchev–Trinajstić information content (AvgIpc) is 3.45. The van der Waals surface area contributed by atoms with Crippen LogP contribution in [0.1, 0.15) is 28.1 Å². The highest BCUT2D eigenvalue weighted by Gasteiger charge is 2.38. The highest BCUT2D eigenvalue weighted by Crippen LogP contribution is 2.31. The molecule has 0 aromatic carbocycles. The third kappa shape index (κ3) is 4.96. The summed E-state index contributed by atoms with van der Waals surface area (Å²) in [7, 11) is 0. The molecular weight excluding hydrogens is 493 g/mol. The molecule has 3 aliphatic rings. The lowest BCUT2D eigenvalue weighted by molar-refractivity contribution is -0.192. The van der Waals surface area contributed by atoms with Gasteiger partial charge in [0, 0.05) is 30.6 Å². The molecule has 0 aliphatic carbocycles. The van der Waals surface area contributed by atoms with E-state index in [1.807, 2.05) is 6.20 Å². The molecule has 9 nitrogen and oxygen atoms in total. The van der Waals surface area contributed by atoms with E-state index in [-0.39, 0.29) is 5.91 Å². The molecule has 3 fully saturated rings. The minimum atomic E-state index is -5.08. The largest absolute Gasteiger partial charge is 0.490 e. The van der Waals surface area contributed by atoms with Gasteiger partial charge < -0.3 is 20.6 Å². The molecule has 3 aliphatic heterocycles. The smallest absolute Gasteiger partial charge is 0.475 e. The van der Waals surface area contributed by atoms with Crippen LogP contribution in [0.5, 0.6) is 0 Å². The van der Waals surface area contributed by atoms with Crippen LogP contribution in [0.2, 0.25) is 0 Å². The molecule has 34 heavy (non-hydrogen) atoms. The number of aliphatic carboxylic acids is 1. The minimum Gasteiger partial charge on any atom is -0.475 e. The standard InChI is InChI=1S/C18H16N6OS2.C2HF3O2/c19-5-14-13(3-4-26-14)22-17(25)12-9-27-18-16(12)23-15(7-21-18)24-8-10-1-2-11(24)6-20-10;3-2(4,5)1(6)7/h3-4,7,9-11,20H,1-2,6,8H2,(H,22,25);(H,6,7)/t10-,11-;/m1./s1. The van der Waals surface area contributed by atoms with E-state index in [1.165, 1.54) is 29.1 Å². The van der Waals surface area contributed by atoms with E-state index in [1.54, 1.807) is 16.8 Å². The topological polar surface area (TPSA) is 131 Å². The SMILES string of the molecule is N#Cc1sccc1NC(=O)c1csc2ncc(N3C[C@H]4CC[C@@H]3CN4)nc12.O=C(O)C(F)(F)F. The van der Waals surface area contributed by atoms with E-state index in [9.17, 15) is 18.0 Å². The summed E-state index contributed by atoms with van der Waals surface area (Å²) in [5.74, 6) is -2.18. The van der Waals surface area contributed by atoms with Gasteiger partial charge in [0.1, 0.15) is 27.1 Å². The number of piperidine rings is 2. The number of hydrogen-bond acceptors (Lipinski definition) is 9. The fourth-order valence-corrected chi connectivity index (χ4v) is 5.24. The first-order chi connectivity index (χ1) is 16.2. The number of hydrogen-bond donors (Lipinski definition) is 3. The van der Waals surface area contributed by atoms with Crippen molar-refractivity contribution in [3.8, 4) is 6.07 Å². The number of aromatic nitrogens is 2. The number of thiophene rings is 2. The van der Waals surface area contributed by atoms with E-state index < -0.39 is 12.1 Å². The van der Waals surface area contributed by atoms with Crippen molar-refractivity contribution in [2.24, 2.45) is 0 Å². The number of fused-ring (bicyclic) bond motifs is 4. The van der Waals surface area contributed by atoms with Crippen LogP contribution in [-0.2, 0) is 4.79 Å². The second-order valence-electron chi connectivity index (χ2n) is 7.55. The minimum absolute atomic E-state index is 0.260. The van der Waals surface area contributed by atoms with Crippen molar-refractivity contribution in [1.82, 2.24) is 15.3 Å². The molecular formula is C20H17F3N6O3S2. The zero-order valence-electron chi connectivity index (χ0n) is 17.3. The van der Waals surface area contributed by atoms with E-state index in [0.717, 1.165) is 30.2 Å². The molecule has 0 radical (unpaired) electrons. The van der Waals surface area contributed by atoms with Crippen molar-refractivity contribution in [3.05, 3.63) is 33.5 Å². The number of nitriles is 1. The Bertz CT molecular complexity index is 1260. The molecule has 6 heterocycles. The lowest BCUT2D eigenvalue weighted by atomic mass is 9.93. The average molecular weight is 511 g/mol. The number of alkyl halides is 3. The summed E-state index contributed by atoms with van der Waals surface area (Å²) in [4.78, 5) is 34.5. The van der Waals surface area contributed by atoms with Crippen molar-refractivity contribution in [2.45, 2.75) is 31.1 Å². The zero-order valence-corrected chi connectivity index (χ0v) is 18.9. The third-order valence-electron chi connectivity index (χ3n) is 5.41. The van der Waals surface area contributed by atoms with Crippen LogP contribution in [0.25, 0.3) is 10.3 Å². The number of anilines is 2. The Balaban J connectivity index is 0.000000344. The van der Waals surface area contributed by atoms with Crippen molar-refractivity contribution < 1.29 is 27.9 Å². The third-order valence-corrected chi connectivity index (χ3v) is 7.11. The van der Waals surface area contributed by atoms with Crippen LogP contribution >= 0.6 is 22.7 Å². The van der Waals surface area contributed by atoms with Crippen LogP contribution in [0.15, 0.2) is 23.0 Å². The highest BCUT2D eigenvalue weighted by atomic mass is 32.1. The highest BCUT2D eigenvalue weighted by molar-refractivity contribution is 7.17. The number of carbonyl (C=O) groups excluding carboxylic acids is 1. The van der Waals surface area contributed by atoms with E-state index in [2.05, 4.69) is 26.6 Å². The van der Waals surface area contributed by atoms with Crippen LogP contribution in [0.3, 0.4) is 0 Å². The molecule has 3 aromatic heterocycles. The van der Waals surface area contributed by atoms with Gasteiger partial charge in [0.05, 0.1) is 17.4 Å². The van der Waals surface area contributed by atoms with Crippen LogP contribution in [0.4, 0.5) is 24.7 Å². The van der Waals surface area contributed by atoms with Crippen LogP contribution in [0, 0.1) is 11.3 Å². The van der Waals surface area contributed by atoms with E-state index in [0.29, 0.717) is 33.7 Å². The van der Waals surface area contributed by atoms with Gasteiger partial charge in [0.15, 0.2) is 0 Å². The zero-order chi connectivity index (χ0) is 24.5. The van der Waals surface area contributed by atoms with Gasteiger partial charge in [0.2, 0.25) is 0 Å². The summed E-state index contributed by atoms with van der Waals surface area (Å²) >= 11 is 2.71. The molecule has 3 saturated heterocycles. The van der Waals surface area contributed by atoms with Crippen molar-refractivity contribution in [1.29, 1.82) is 5.26 Å². The number of carboxylic acids is 1. The van der Waals surface area contributed by atoms with Crippen molar-refractivity contribution in [2.75, 3.05) is 23.3 Å². The van der Waals surface area contributed by atoms with Gasteiger partial charge in [-0.2, -0.15) is 18.4 Å². The molecule has 2 atom stereocenters. The summed E-state index contributed by atoms with van der Waals surface area (Å²) in [5, 5.41) is 26.2. The van der Waals surface area contributed by atoms with Gasteiger partial charge in [-0.05, 0) is 24.3 Å². The quantitative estimate of drug-likeness (QED) is 0.488. The van der Waals surface area contributed by atoms with Gasteiger partial charge in [0.25, 0.3) is 5.91 Å². The van der Waals surface area contributed by atoms with Gasteiger partial charge >= 0.3 is 12.1 Å². The Morgan fingerprint density at radius 2 is 2.09 bits per heavy atom. The summed E-state index contributed by atoms with van der Waals surface area (Å²) in [5.41, 5.74) is 1.66. The number of piperazine rings is 1. The van der Waals surface area contributed by atoms with Crippen molar-refractivity contribution in [3.63, 3.8) is 0 Å². The molecule has 14 heteroatoms. The Morgan fingerprint density at radius 3 is 2.68 bits per heavy atom. The maximum Gasteiger partial charge on any atom is 0.490 e. The first-order valence-corrected chi connectivity index (χ1v) is 11.8. The summed E-state index contributed by atoms with van der Waals surface area (Å²) in [6.45, 7) is 1.90. The second kappa shape index (κ2) is 9.53. The predicted molar refractivity (Wildman–Crippen MR) is 120 cm³/mol. The molecule has 0 spiro atoms. The molecule has 6 rings (SSSR count). The Kier molecular flexibility index (Phi) is 6.69. The molecule has 178 valence electrons. The van der Waals surface area contributed by atoms with Gasteiger partial charge in [-0.3, -0.25) is 4.79 Å². The molecule has 0 unspecified atom stereocenters. The van der Waals surface area contributed by atoms with Crippen LogP contribution in [-0.4, -0.2) is 58.3 Å². The predicted octanol–water partition coefficient (Wildman–Crippen LogP) is 3.45. The Morgan fingerprint density at radius 1 is 1.32 bits per heavy atom. The van der Waals surface area contributed by atoms with Crippen molar-refractivity contribution >= 4 is 56.4 Å². The molecule has 2 bridgehead atoms. The number of carboxylic acid groups (broad SMARTS) is 1. The molecule has 3 aromatic rings. The van der Waals surface area contributed by atoms with E-state index in [4.69, 9.17) is 20.1 Å². The fourth-order valence-electron chi connectivity index (χ4n) is 3.77. The molecule has 1 amide bonds. The first kappa shape index (κ1) is 23.9. The summed E-state index contributed by atoms with van der Waals surface area (Å²) in [6.07, 6.45) is -0.915. The summed E-state index contributed by atoms with van der Waals surface area (Å²) < 4.78 is 31.7. The number of nitrogens with zero attached hydrogens (tertiary/aromatic N) is 4. The lowest BCUT2D eigenvalue weighted by Crippen LogP contribution is -2.61. The number of carbonyl (C=O) groups is 2. The monoisotopic (exact) mass is 510 g/mol. The second-order valence-corrected chi connectivity index (χ2v) is 9.33. The first-order valence-electron chi connectivity index (χ1n) is 10.0. The van der Waals surface area contributed by atoms with Crippen LogP contribution < -0.4 is 15.5 Å². The number of rotatable bonds is 3. The summed E-state index contributed by atoms with van der Waals surface area (Å²) in [6, 6.07) is 4.77. The number of amides is 1. The lowest BCUT2D eigenvalue weighted by Gasteiger charge is -2.46. The van der Waals surface area contributed by atoms with Gasteiger partial charge in [-0.1, -0.05) is 0 Å². The van der Waals surface area contributed by atoms with Gasteiger partial charge in [-0.15, -0.1) is 22.7 Å². The maximum atomic E-state index is 12.8. The molecule has 0 saturated carbocycles. The normalized spacial score (nSPS) is 19.3. The fraction of sp³-hybridized carbons (Fsp3) is 0.350. The number of nitrogens with one attached hydrogen (secondary N) is 2. The number of halogens is 3. The van der Waals surface area contributed by atoms with Gasteiger partial charge in [-0.25, -0.2) is 14.8 Å². The maximum absolute atomic E-state index is 12.8. The Labute approximate surface area is 198 Å². The Hall–Kier alpha value is -3.28. The molecule has 3 N–H and O–H groups in total. The van der Waals surface area contributed by atoms with E-state index >= 15 is 0 Å².